The van der Waals surface area contributed by atoms with Gasteiger partial charge in [-0.1, -0.05) is 6.92 Å². The highest BCUT2D eigenvalue weighted by Crippen LogP contribution is 2.00. The molecule has 0 aliphatic rings. The van der Waals surface area contributed by atoms with Crippen LogP contribution in [0.4, 0.5) is 5.69 Å². The van der Waals surface area contributed by atoms with E-state index >= 15 is 0 Å². The number of aromatic nitrogens is 1. The Balaban J connectivity index is 0.00000361. The summed E-state index contributed by atoms with van der Waals surface area (Å²) in [7, 11) is 0. The average Bonchev–Trinajstić information content (AvgIpc) is 2.39. The number of amides is 2. The van der Waals surface area contributed by atoms with Gasteiger partial charge in [0.2, 0.25) is 5.91 Å². The second kappa shape index (κ2) is 9.14. The molecular weight excluding hydrogens is 280 g/mol. The van der Waals surface area contributed by atoms with Gasteiger partial charge in [0, 0.05) is 19.0 Å². The normalized spacial score (nSPS) is 11.1. The zero-order valence-corrected chi connectivity index (χ0v) is 12.5. The maximum Gasteiger partial charge on any atom is 0.269 e. The number of nitrogens with two attached hydrogens (primary N) is 1. The first-order valence-corrected chi connectivity index (χ1v) is 6.32. The molecule has 1 unspecified atom stereocenters. The molecule has 0 spiro atoms. The highest BCUT2D eigenvalue weighted by molar-refractivity contribution is 5.92. The fourth-order valence-corrected chi connectivity index (χ4v) is 1.37. The van der Waals surface area contributed by atoms with Crippen molar-refractivity contribution in [2.75, 3.05) is 12.3 Å². The molecule has 0 bridgehead atoms. The lowest BCUT2D eigenvalue weighted by Crippen LogP contribution is -2.35. The number of nitrogens with zero attached hydrogens (tertiary/aromatic N) is 1. The van der Waals surface area contributed by atoms with Gasteiger partial charge in [0.15, 0.2) is 0 Å². The van der Waals surface area contributed by atoms with Gasteiger partial charge >= 0.3 is 0 Å². The van der Waals surface area contributed by atoms with Gasteiger partial charge in [-0.15, -0.1) is 12.4 Å². The van der Waals surface area contributed by atoms with Crippen LogP contribution in [0.15, 0.2) is 18.3 Å². The monoisotopic (exact) mass is 300 g/mol. The number of rotatable bonds is 6. The first kappa shape index (κ1) is 18.2. The SMILES string of the molecule is CCC(C)NC(=O)CCNC(=O)c1ccc(N)cn1.Cl. The minimum Gasteiger partial charge on any atom is -0.397 e. The molecule has 1 atom stereocenters. The van der Waals surface area contributed by atoms with Gasteiger partial charge in [-0.25, -0.2) is 4.98 Å². The Bertz CT molecular complexity index is 437. The Kier molecular flexibility index (Phi) is 8.31. The van der Waals surface area contributed by atoms with Crippen LogP contribution in [0.25, 0.3) is 0 Å². The average molecular weight is 301 g/mol. The number of nitrogens with one attached hydrogen (secondary N) is 2. The molecule has 0 aliphatic carbocycles. The number of nitrogen functional groups attached to an aromatic ring is 1. The minimum absolute atomic E-state index is 0. The van der Waals surface area contributed by atoms with E-state index in [-0.39, 0.29) is 48.9 Å². The molecule has 0 aliphatic heterocycles. The fourth-order valence-electron chi connectivity index (χ4n) is 1.37. The predicted molar refractivity (Wildman–Crippen MR) is 80.7 cm³/mol. The summed E-state index contributed by atoms with van der Waals surface area (Å²) in [5, 5.41) is 5.47. The Morgan fingerprint density at radius 1 is 1.40 bits per heavy atom. The van der Waals surface area contributed by atoms with Gasteiger partial charge in [0.1, 0.15) is 5.69 Å². The van der Waals surface area contributed by atoms with Gasteiger partial charge in [-0.3, -0.25) is 9.59 Å². The lowest BCUT2D eigenvalue weighted by Gasteiger charge is -2.11. The lowest BCUT2D eigenvalue weighted by molar-refractivity contribution is -0.121. The minimum atomic E-state index is -0.309. The van der Waals surface area contributed by atoms with E-state index < -0.39 is 0 Å². The van der Waals surface area contributed by atoms with E-state index in [2.05, 4.69) is 15.6 Å². The molecule has 2 amide bonds. The van der Waals surface area contributed by atoms with Crippen LogP contribution in [-0.2, 0) is 4.79 Å². The number of hydrogen-bond donors (Lipinski definition) is 3. The molecule has 4 N–H and O–H groups in total. The predicted octanol–water partition coefficient (Wildman–Crippen LogP) is 1.12. The number of hydrogen-bond acceptors (Lipinski definition) is 4. The third kappa shape index (κ3) is 6.38. The fraction of sp³-hybridized carbons (Fsp3) is 0.462. The van der Waals surface area contributed by atoms with Crippen LogP contribution >= 0.6 is 12.4 Å². The summed E-state index contributed by atoms with van der Waals surface area (Å²) in [6.45, 7) is 4.22. The standard InChI is InChI=1S/C13H20N4O2.ClH/c1-3-9(2)17-12(18)6-7-15-13(19)11-5-4-10(14)8-16-11;/h4-5,8-9H,3,6-7,14H2,1-2H3,(H,15,19)(H,17,18);1H. The molecule has 1 rings (SSSR count). The third-order valence-corrected chi connectivity index (χ3v) is 2.68. The molecular formula is C13H21ClN4O2. The van der Waals surface area contributed by atoms with Gasteiger partial charge in [-0.2, -0.15) is 0 Å². The molecule has 112 valence electrons. The number of pyridine rings is 1. The van der Waals surface area contributed by atoms with Crippen molar-refractivity contribution in [2.45, 2.75) is 32.7 Å². The van der Waals surface area contributed by atoms with Crippen LogP contribution in [0.1, 0.15) is 37.2 Å². The maximum absolute atomic E-state index is 11.7. The largest absolute Gasteiger partial charge is 0.397 e. The summed E-state index contributed by atoms with van der Waals surface area (Å²) < 4.78 is 0. The molecule has 6 nitrogen and oxygen atoms in total. The first-order valence-electron chi connectivity index (χ1n) is 6.32. The highest BCUT2D eigenvalue weighted by Gasteiger charge is 2.08. The van der Waals surface area contributed by atoms with Crippen LogP contribution in [0, 0.1) is 0 Å². The van der Waals surface area contributed by atoms with E-state index in [0.717, 1.165) is 6.42 Å². The summed E-state index contributed by atoms with van der Waals surface area (Å²) in [4.78, 5) is 27.1. The Morgan fingerprint density at radius 2 is 2.10 bits per heavy atom. The van der Waals surface area contributed by atoms with E-state index in [0.29, 0.717) is 5.69 Å². The van der Waals surface area contributed by atoms with E-state index in [4.69, 9.17) is 5.73 Å². The van der Waals surface area contributed by atoms with Crippen molar-refractivity contribution >= 4 is 29.9 Å². The van der Waals surface area contributed by atoms with Crippen LogP contribution in [0.3, 0.4) is 0 Å². The molecule has 7 heteroatoms. The second-order valence-electron chi connectivity index (χ2n) is 4.36. The van der Waals surface area contributed by atoms with Gasteiger partial charge in [-0.05, 0) is 25.5 Å². The van der Waals surface area contributed by atoms with E-state index in [1.807, 2.05) is 13.8 Å². The quantitative estimate of drug-likeness (QED) is 0.733. The molecule has 20 heavy (non-hydrogen) atoms. The molecule has 0 aromatic carbocycles. The van der Waals surface area contributed by atoms with Crippen molar-refractivity contribution in [3.05, 3.63) is 24.0 Å². The van der Waals surface area contributed by atoms with Crippen molar-refractivity contribution in [3.63, 3.8) is 0 Å². The Morgan fingerprint density at radius 3 is 2.65 bits per heavy atom. The van der Waals surface area contributed by atoms with Crippen LogP contribution in [-0.4, -0.2) is 29.4 Å². The van der Waals surface area contributed by atoms with Gasteiger partial charge in [0.05, 0.1) is 11.9 Å². The van der Waals surface area contributed by atoms with Crippen LogP contribution < -0.4 is 16.4 Å². The maximum atomic E-state index is 11.7. The molecule has 1 heterocycles. The first-order chi connectivity index (χ1) is 9.02. The van der Waals surface area contributed by atoms with Crippen molar-refractivity contribution < 1.29 is 9.59 Å². The zero-order chi connectivity index (χ0) is 14.3. The summed E-state index contributed by atoms with van der Waals surface area (Å²) in [6, 6.07) is 3.31. The van der Waals surface area contributed by atoms with Crippen molar-refractivity contribution in [3.8, 4) is 0 Å². The Hall–Kier alpha value is -1.82. The molecule has 0 fully saturated rings. The zero-order valence-electron chi connectivity index (χ0n) is 11.7. The molecule has 1 aromatic rings. The summed E-state index contributed by atoms with van der Waals surface area (Å²) >= 11 is 0. The Labute approximate surface area is 124 Å². The van der Waals surface area contributed by atoms with Gasteiger partial charge in [0.25, 0.3) is 5.91 Å². The summed E-state index contributed by atoms with van der Waals surface area (Å²) in [6.07, 6.45) is 2.56. The van der Waals surface area contributed by atoms with E-state index in [1.54, 1.807) is 12.1 Å². The smallest absolute Gasteiger partial charge is 0.269 e. The number of carbonyl (C=O) groups excluding carboxylic acids is 2. The highest BCUT2D eigenvalue weighted by atomic mass is 35.5. The lowest BCUT2D eigenvalue weighted by atomic mass is 10.2. The third-order valence-electron chi connectivity index (χ3n) is 2.68. The molecule has 0 saturated carbocycles. The molecule has 0 saturated heterocycles. The topological polar surface area (TPSA) is 97.1 Å². The molecule has 0 radical (unpaired) electrons. The van der Waals surface area contributed by atoms with Crippen molar-refractivity contribution in [2.24, 2.45) is 0 Å². The number of carbonyl (C=O) groups is 2. The van der Waals surface area contributed by atoms with Gasteiger partial charge < -0.3 is 16.4 Å². The van der Waals surface area contributed by atoms with Crippen LogP contribution in [0.5, 0.6) is 0 Å². The summed E-state index contributed by atoms with van der Waals surface area (Å²) in [5.41, 5.74) is 6.27. The van der Waals surface area contributed by atoms with E-state index in [1.165, 1.54) is 6.20 Å². The van der Waals surface area contributed by atoms with E-state index in [9.17, 15) is 9.59 Å². The summed E-state index contributed by atoms with van der Waals surface area (Å²) in [5.74, 6) is -0.378. The number of anilines is 1. The van der Waals surface area contributed by atoms with Crippen molar-refractivity contribution in [1.29, 1.82) is 0 Å². The van der Waals surface area contributed by atoms with Crippen molar-refractivity contribution in [1.82, 2.24) is 15.6 Å². The van der Waals surface area contributed by atoms with Crippen LogP contribution in [0.2, 0.25) is 0 Å². The second-order valence-corrected chi connectivity index (χ2v) is 4.36. The number of halogens is 1. The molecule has 1 aromatic heterocycles.